The van der Waals surface area contributed by atoms with E-state index in [9.17, 15) is 13.6 Å². The number of benzene rings is 1. The molecule has 0 radical (unpaired) electrons. The van der Waals surface area contributed by atoms with Gasteiger partial charge in [0.05, 0.1) is 11.3 Å². The Balaban J connectivity index is 2.75. The van der Waals surface area contributed by atoms with Crippen LogP contribution in [0.2, 0.25) is 0 Å². The lowest BCUT2D eigenvalue weighted by atomic mass is 10.2. The third kappa shape index (κ3) is 3.72. The molecule has 4 heteroatoms. The van der Waals surface area contributed by atoms with Crippen LogP contribution in [0.5, 0.6) is 0 Å². The number of hydrogen-bond acceptors (Lipinski definition) is 2. The molecule has 0 spiro atoms. The standard InChI is InChI=1S/C11H8F2OS/c1-8(14)15-7-3-4-9-10(12)5-2-6-11(9)13/h2,5-6H,7H2,1H3. The summed E-state index contributed by atoms with van der Waals surface area (Å²) in [5, 5.41) is -0.0710. The summed E-state index contributed by atoms with van der Waals surface area (Å²) < 4.78 is 26.0. The monoisotopic (exact) mass is 226 g/mol. The van der Waals surface area contributed by atoms with Crippen LogP contribution < -0.4 is 0 Å². The van der Waals surface area contributed by atoms with Crippen LogP contribution in [0.25, 0.3) is 0 Å². The summed E-state index contributed by atoms with van der Waals surface area (Å²) in [5.41, 5.74) is -0.248. The number of carbonyl (C=O) groups is 1. The number of halogens is 2. The van der Waals surface area contributed by atoms with Crippen LogP contribution in [-0.4, -0.2) is 10.9 Å². The normalized spacial score (nSPS) is 9.27. The highest BCUT2D eigenvalue weighted by Crippen LogP contribution is 2.10. The van der Waals surface area contributed by atoms with Crippen molar-refractivity contribution < 1.29 is 13.6 Å². The highest BCUT2D eigenvalue weighted by molar-refractivity contribution is 8.13. The van der Waals surface area contributed by atoms with Gasteiger partial charge in [-0.05, 0) is 12.1 Å². The summed E-state index contributed by atoms with van der Waals surface area (Å²) in [6, 6.07) is 3.57. The molecule has 1 nitrogen and oxygen atoms in total. The van der Waals surface area contributed by atoms with Crippen LogP contribution in [0, 0.1) is 23.5 Å². The molecule has 0 fully saturated rings. The zero-order valence-corrected chi connectivity index (χ0v) is 8.83. The topological polar surface area (TPSA) is 17.1 Å². The number of thioether (sulfide) groups is 1. The van der Waals surface area contributed by atoms with Crippen molar-refractivity contribution in [2.24, 2.45) is 0 Å². The largest absolute Gasteiger partial charge is 0.288 e. The van der Waals surface area contributed by atoms with Gasteiger partial charge in [-0.1, -0.05) is 29.7 Å². The maximum Gasteiger partial charge on any atom is 0.186 e. The molecular formula is C11H8F2OS. The Hall–Kier alpha value is -1.34. The summed E-state index contributed by atoms with van der Waals surface area (Å²) in [6.45, 7) is 1.41. The molecule has 0 aromatic heterocycles. The quantitative estimate of drug-likeness (QED) is 0.685. The lowest BCUT2D eigenvalue weighted by Gasteiger charge is -1.94. The maximum atomic E-state index is 13.0. The van der Waals surface area contributed by atoms with E-state index < -0.39 is 11.6 Å². The van der Waals surface area contributed by atoms with Crippen molar-refractivity contribution in [3.8, 4) is 11.8 Å². The molecule has 1 aromatic carbocycles. The molecule has 0 saturated heterocycles. The molecule has 0 saturated carbocycles. The van der Waals surface area contributed by atoms with Crippen LogP contribution in [0.4, 0.5) is 8.78 Å². The highest BCUT2D eigenvalue weighted by Gasteiger charge is 2.03. The molecule has 0 N–H and O–H groups in total. The van der Waals surface area contributed by atoms with Crippen LogP contribution >= 0.6 is 11.8 Å². The Morgan fingerprint density at radius 1 is 1.40 bits per heavy atom. The smallest absolute Gasteiger partial charge is 0.186 e. The zero-order valence-electron chi connectivity index (χ0n) is 8.01. The first-order valence-corrected chi connectivity index (χ1v) is 5.16. The highest BCUT2D eigenvalue weighted by atomic mass is 32.2. The van der Waals surface area contributed by atoms with Gasteiger partial charge in [-0.2, -0.15) is 0 Å². The fourth-order valence-electron chi connectivity index (χ4n) is 0.879. The van der Waals surface area contributed by atoms with Crippen molar-refractivity contribution in [3.05, 3.63) is 35.4 Å². The van der Waals surface area contributed by atoms with Gasteiger partial charge in [-0.15, -0.1) is 0 Å². The molecule has 1 aromatic rings. The van der Waals surface area contributed by atoms with Crippen molar-refractivity contribution in [2.75, 3.05) is 5.75 Å². The fourth-order valence-corrected chi connectivity index (χ4v) is 1.23. The summed E-state index contributed by atoms with van der Waals surface area (Å²) >= 11 is 1.00. The second-order valence-electron chi connectivity index (χ2n) is 2.68. The molecule has 0 unspecified atom stereocenters. The molecular weight excluding hydrogens is 218 g/mol. The molecule has 1 rings (SSSR count). The first-order valence-electron chi connectivity index (χ1n) is 4.17. The Kier molecular flexibility index (Phi) is 4.32. The van der Waals surface area contributed by atoms with Crippen molar-refractivity contribution in [3.63, 3.8) is 0 Å². The van der Waals surface area contributed by atoms with E-state index in [1.54, 1.807) is 0 Å². The van der Waals surface area contributed by atoms with Crippen LogP contribution in [0.1, 0.15) is 12.5 Å². The summed E-state index contributed by atoms with van der Waals surface area (Å²) in [5.74, 6) is 3.76. The first kappa shape index (κ1) is 11.7. The van der Waals surface area contributed by atoms with Gasteiger partial charge in [-0.25, -0.2) is 8.78 Å². The SMILES string of the molecule is CC(=O)SCC#Cc1c(F)cccc1F. The van der Waals surface area contributed by atoms with E-state index in [1.807, 2.05) is 0 Å². The van der Waals surface area contributed by atoms with Crippen molar-refractivity contribution >= 4 is 16.9 Å². The van der Waals surface area contributed by atoms with Gasteiger partial charge in [-0.3, -0.25) is 4.79 Å². The van der Waals surface area contributed by atoms with Gasteiger partial charge >= 0.3 is 0 Å². The van der Waals surface area contributed by atoms with E-state index in [4.69, 9.17) is 0 Å². The minimum atomic E-state index is -0.685. The molecule has 0 aliphatic carbocycles. The molecule has 15 heavy (non-hydrogen) atoms. The number of rotatable bonds is 1. The van der Waals surface area contributed by atoms with Gasteiger partial charge < -0.3 is 0 Å². The van der Waals surface area contributed by atoms with Crippen LogP contribution in [0.3, 0.4) is 0 Å². The summed E-state index contributed by atoms with van der Waals surface area (Å²) in [7, 11) is 0. The van der Waals surface area contributed by atoms with E-state index >= 15 is 0 Å². The predicted octanol–water partition coefficient (Wildman–Crippen LogP) is 2.60. The number of hydrogen-bond donors (Lipinski definition) is 0. The molecule has 0 atom stereocenters. The first-order chi connectivity index (χ1) is 7.11. The van der Waals surface area contributed by atoms with E-state index in [1.165, 1.54) is 13.0 Å². The summed E-state index contributed by atoms with van der Waals surface area (Å²) in [4.78, 5) is 10.5. The van der Waals surface area contributed by atoms with Gasteiger partial charge in [0, 0.05) is 6.92 Å². The van der Waals surface area contributed by atoms with Crippen LogP contribution in [0.15, 0.2) is 18.2 Å². The molecule has 78 valence electrons. The minimum Gasteiger partial charge on any atom is -0.288 e. The second-order valence-corrected chi connectivity index (χ2v) is 3.83. The predicted molar refractivity (Wildman–Crippen MR) is 56.4 cm³/mol. The number of carbonyl (C=O) groups excluding carboxylic acids is 1. The van der Waals surface area contributed by atoms with E-state index in [-0.39, 0.29) is 16.4 Å². The van der Waals surface area contributed by atoms with Crippen LogP contribution in [-0.2, 0) is 4.79 Å². The Morgan fingerprint density at radius 2 is 2.00 bits per heavy atom. The molecule has 0 bridgehead atoms. The average Bonchev–Trinajstić information content (AvgIpc) is 2.15. The fraction of sp³-hybridized carbons (Fsp3) is 0.182. The van der Waals surface area contributed by atoms with Gasteiger partial charge in [0.2, 0.25) is 0 Å². The van der Waals surface area contributed by atoms with E-state index in [0.717, 1.165) is 23.9 Å². The molecule has 0 amide bonds. The average molecular weight is 226 g/mol. The van der Waals surface area contributed by atoms with Crippen molar-refractivity contribution in [1.29, 1.82) is 0 Å². The lowest BCUT2D eigenvalue weighted by Crippen LogP contribution is -1.89. The van der Waals surface area contributed by atoms with Crippen molar-refractivity contribution in [2.45, 2.75) is 6.92 Å². The summed E-state index contributed by atoms with van der Waals surface area (Å²) in [6.07, 6.45) is 0. The Bertz CT molecular complexity index is 412. The second kappa shape index (κ2) is 5.52. The van der Waals surface area contributed by atoms with Gasteiger partial charge in [0.1, 0.15) is 11.6 Å². The Morgan fingerprint density at radius 3 is 2.53 bits per heavy atom. The van der Waals surface area contributed by atoms with E-state index in [2.05, 4.69) is 11.8 Å². The third-order valence-corrected chi connectivity index (χ3v) is 2.22. The molecule has 0 heterocycles. The van der Waals surface area contributed by atoms with Crippen molar-refractivity contribution in [1.82, 2.24) is 0 Å². The minimum absolute atomic E-state index is 0.0710. The van der Waals surface area contributed by atoms with Gasteiger partial charge in [0.15, 0.2) is 5.12 Å². The zero-order chi connectivity index (χ0) is 11.3. The van der Waals surface area contributed by atoms with Gasteiger partial charge in [0.25, 0.3) is 0 Å². The third-order valence-electron chi connectivity index (χ3n) is 1.52. The Labute approximate surface area is 90.9 Å². The lowest BCUT2D eigenvalue weighted by molar-refractivity contribution is -0.109. The molecule has 0 aliphatic heterocycles. The van der Waals surface area contributed by atoms with E-state index in [0.29, 0.717) is 0 Å². The maximum absolute atomic E-state index is 13.0. The molecule has 0 aliphatic rings.